The van der Waals surface area contributed by atoms with Crippen molar-refractivity contribution < 1.29 is 38.3 Å². The van der Waals surface area contributed by atoms with Gasteiger partial charge in [-0.3, -0.25) is 28.8 Å². The lowest BCUT2D eigenvalue weighted by Gasteiger charge is -2.36. The number of nitrogens with zero attached hydrogens (tertiary/aromatic N) is 2. The molecule has 0 spiro atoms. The molecule has 1 aromatic rings. The maximum absolute atomic E-state index is 14.2. The SMILES string of the molecule is CCCC(NC(=O)[C@@H]1C[C@@H](CCC(C)C)CN1C(=O)[C@@H](NC(=O)OC(C)(C)C)C(C)(C)C)C(=O)C(=O)NCC(=O)N[C@@H](C(=O)N(C)C)c1ccccc1. The highest BCUT2D eigenvalue weighted by atomic mass is 16.6. The topological polar surface area (TPSA) is 183 Å². The van der Waals surface area contributed by atoms with Crippen LogP contribution in [0.1, 0.15) is 106 Å². The summed E-state index contributed by atoms with van der Waals surface area (Å²) in [6.07, 6.45) is 1.85. The number of benzene rings is 1. The Balaban J connectivity index is 2.23. The maximum atomic E-state index is 14.2. The van der Waals surface area contributed by atoms with Crippen molar-refractivity contribution in [1.82, 2.24) is 31.1 Å². The number of Topliss-reactive ketones (excluding diaryl/α,β-unsaturated/α-hetero) is 1. The van der Waals surface area contributed by atoms with Crippen LogP contribution >= 0.6 is 0 Å². The molecule has 2 rings (SSSR count). The second-order valence-electron chi connectivity index (χ2n) is 16.6. The van der Waals surface area contributed by atoms with E-state index in [9.17, 15) is 33.6 Å². The Bertz CT molecular complexity index is 1450. The van der Waals surface area contributed by atoms with Gasteiger partial charge in [0.2, 0.25) is 29.4 Å². The lowest BCUT2D eigenvalue weighted by Crippen LogP contribution is -2.59. The van der Waals surface area contributed by atoms with Gasteiger partial charge in [-0.05, 0) is 62.8 Å². The third kappa shape index (κ3) is 14.1. The van der Waals surface area contributed by atoms with Crippen LogP contribution in [0.15, 0.2) is 30.3 Å². The molecule has 0 saturated carbocycles. The van der Waals surface area contributed by atoms with Crippen molar-refractivity contribution in [3.63, 3.8) is 0 Å². The van der Waals surface area contributed by atoms with Crippen LogP contribution < -0.4 is 21.3 Å². The molecule has 0 aromatic heterocycles. The van der Waals surface area contributed by atoms with E-state index in [2.05, 4.69) is 35.1 Å². The lowest BCUT2D eigenvalue weighted by atomic mass is 9.85. The monoisotopic (exact) mass is 742 g/mol. The number of amides is 6. The first-order chi connectivity index (χ1) is 24.5. The predicted octanol–water partition coefficient (Wildman–Crippen LogP) is 3.50. The third-order valence-corrected chi connectivity index (χ3v) is 8.87. The van der Waals surface area contributed by atoms with Crippen molar-refractivity contribution in [2.24, 2.45) is 17.3 Å². The summed E-state index contributed by atoms with van der Waals surface area (Å²) >= 11 is 0. The van der Waals surface area contributed by atoms with Crippen molar-refractivity contribution in [1.29, 1.82) is 0 Å². The molecule has 0 aliphatic carbocycles. The molecular weight excluding hydrogens is 680 g/mol. The number of likely N-dealkylation sites (tertiary alicyclic amines) is 1. The van der Waals surface area contributed by atoms with E-state index in [-0.39, 0.29) is 24.8 Å². The molecule has 1 unspecified atom stereocenters. The minimum absolute atomic E-state index is 0.000437. The number of nitrogens with one attached hydrogen (secondary N) is 4. The number of hydrogen-bond acceptors (Lipinski definition) is 8. The van der Waals surface area contributed by atoms with Crippen LogP contribution in [0.25, 0.3) is 0 Å². The van der Waals surface area contributed by atoms with E-state index in [1.807, 2.05) is 20.8 Å². The summed E-state index contributed by atoms with van der Waals surface area (Å²) in [4.78, 5) is 96.0. The van der Waals surface area contributed by atoms with Crippen LogP contribution in [0.2, 0.25) is 0 Å². The van der Waals surface area contributed by atoms with Crippen LogP contribution in [-0.4, -0.2) is 102 Å². The molecular formula is C39H62N6O8. The van der Waals surface area contributed by atoms with Crippen molar-refractivity contribution in [3.8, 4) is 0 Å². The molecule has 0 bridgehead atoms. The molecule has 14 nitrogen and oxygen atoms in total. The summed E-state index contributed by atoms with van der Waals surface area (Å²) < 4.78 is 5.44. The van der Waals surface area contributed by atoms with Gasteiger partial charge in [0.15, 0.2) is 0 Å². The van der Waals surface area contributed by atoms with Crippen molar-refractivity contribution in [2.75, 3.05) is 27.2 Å². The van der Waals surface area contributed by atoms with Gasteiger partial charge in [0.1, 0.15) is 23.7 Å². The number of hydrogen-bond donors (Lipinski definition) is 4. The Labute approximate surface area is 314 Å². The minimum Gasteiger partial charge on any atom is -0.444 e. The Hall–Kier alpha value is -4.49. The molecule has 1 saturated heterocycles. The van der Waals surface area contributed by atoms with E-state index in [1.165, 1.54) is 9.80 Å². The number of carbonyl (C=O) groups is 7. The van der Waals surface area contributed by atoms with Gasteiger partial charge < -0.3 is 35.8 Å². The zero-order chi connectivity index (χ0) is 40.3. The fourth-order valence-corrected chi connectivity index (χ4v) is 6.07. The van der Waals surface area contributed by atoms with Crippen LogP contribution in [0.3, 0.4) is 0 Å². The molecule has 6 amide bonds. The van der Waals surface area contributed by atoms with Gasteiger partial charge in [0, 0.05) is 20.6 Å². The Morgan fingerprint density at radius 1 is 0.906 bits per heavy atom. The molecule has 14 heteroatoms. The zero-order valence-corrected chi connectivity index (χ0v) is 33.5. The average Bonchev–Trinajstić information content (AvgIpc) is 3.50. The highest BCUT2D eigenvalue weighted by molar-refractivity contribution is 6.38. The lowest BCUT2D eigenvalue weighted by molar-refractivity contribution is -0.144. The Morgan fingerprint density at radius 3 is 2.06 bits per heavy atom. The summed E-state index contributed by atoms with van der Waals surface area (Å²) in [6, 6.07) is 4.45. The first-order valence-electron chi connectivity index (χ1n) is 18.5. The molecule has 53 heavy (non-hydrogen) atoms. The first kappa shape index (κ1) is 44.7. The third-order valence-electron chi connectivity index (χ3n) is 8.87. The van der Waals surface area contributed by atoms with Crippen molar-refractivity contribution >= 4 is 41.4 Å². The number of ketones is 1. The maximum Gasteiger partial charge on any atom is 0.408 e. The fourth-order valence-electron chi connectivity index (χ4n) is 6.07. The van der Waals surface area contributed by atoms with E-state index in [0.717, 1.165) is 12.8 Å². The van der Waals surface area contributed by atoms with Gasteiger partial charge in [-0.15, -0.1) is 0 Å². The van der Waals surface area contributed by atoms with Gasteiger partial charge in [0.05, 0.1) is 12.6 Å². The smallest absolute Gasteiger partial charge is 0.408 e. The van der Waals surface area contributed by atoms with Gasteiger partial charge >= 0.3 is 6.09 Å². The summed E-state index contributed by atoms with van der Waals surface area (Å²) in [6.45, 7) is 16.3. The number of ether oxygens (including phenoxy) is 1. The van der Waals surface area contributed by atoms with Crippen molar-refractivity contribution in [3.05, 3.63) is 35.9 Å². The molecule has 1 fully saturated rings. The fraction of sp³-hybridized carbons (Fsp3) is 0.667. The normalized spacial score (nSPS) is 17.6. The molecule has 1 aliphatic heterocycles. The molecule has 1 aliphatic rings. The summed E-state index contributed by atoms with van der Waals surface area (Å²) in [5, 5.41) is 10.4. The molecule has 0 radical (unpaired) electrons. The molecule has 296 valence electrons. The number of alkyl carbamates (subject to hydrolysis) is 1. The van der Waals surface area contributed by atoms with Gasteiger partial charge in [-0.2, -0.15) is 0 Å². The van der Waals surface area contributed by atoms with Crippen LogP contribution in [0.5, 0.6) is 0 Å². The summed E-state index contributed by atoms with van der Waals surface area (Å²) in [7, 11) is 3.12. The van der Waals surface area contributed by atoms with E-state index in [0.29, 0.717) is 24.3 Å². The van der Waals surface area contributed by atoms with E-state index < -0.39 is 77.2 Å². The highest BCUT2D eigenvalue weighted by Crippen LogP contribution is 2.32. The number of carbonyl (C=O) groups excluding carboxylic acids is 7. The predicted molar refractivity (Wildman–Crippen MR) is 201 cm³/mol. The van der Waals surface area contributed by atoms with Gasteiger partial charge in [-0.1, -0.05) is 84.7 Å². The highest BCUT2D eigenvalue weighted by Gasteiger charge is 2.46. The van der Waals surface area contributed by atoms with Gasteiger partial charge in [0.25, 0.3) is 5.91 Å². The van der Waals surface area contributed by atoms with Crippen LogP contribution in [0, 0.1) is 17.3 Å². The molecule has 1 aromatic carbocycles. The van der Waals surface area contributed by atoms with E-state index in [1.54, 1.807) is 72.1 Å². The minimum atomic E-state index is -1.21. The van der Waals surface area contributed by atoms with Crippen LogP contribution in [0.4, 0.5) is 4.79 Å². The van der Waals surface area contributed by atoms with E-state index in [4.69, 9.17) is 4.74 Å². The number of likely N-dealkylation sites (N-methyl/N-ethyl adjacent to an activating group) is 1. The van der Waals surface area contributed by atoms with Gasteiger partial charge in [-0.25, -0.2) is 4.79 Å². The standard InChI is InChI=1S/C39H62N6O8/c1-12-16-27(31(47)34(49)40-22-29(46)42-30(35(50)44(10)11)26-17-14-13-15-18-26)41-33(48)28-21-25(20-19-24(2)3)23-45(28)36(51)32(38(4,5)6)43-37(52)53-39(7,8)9/h13-15,17-18,24-25,27-28,30,32H,12,16,19-23H2,1-11H3,(H,40,49)(H,41,48)(H,42,46)(H,43,52)/t25-,27?,28+,30-,32-/m1/s1. The van der Waals surface area contributed by atoms with Crippen LogP contribution in [-0.2, 0) is 33.5 Å². The first-order valence-corrected chi connectivity index (χ1v) is 18.5. The molecule has 5 atom stereocenters. The molecule has 4 N–H and O–H groups in total. The summed E-state index contributed by atoms with van der Waals surface area (Å²) in [5.41, 5.74) is -0.981. The van der Waals surface area contributed by atoms with E-state index >= 15 is 0 Å². The second-order valence-corrected chi connectivity index (χ2v) is 16.6. The summed E-state index contributed by atoms with van der Waals surface area (Å²) in [5.74, 6) is -3.69. The largest absolute Gasteiger partial charge is 0.444 e. The molecule has 1 heterocycles. The zero-order valence-electron chi connectivity index (χ0n) is 33.5. The Kier molecular flexibility index (Phi) is 16.5. The Morgan fingerprint density at radius 2 is 1.53 bits per heavy atom. The van der Waals surface area contributed by atoms with Crippen molar-refractivity contribution in [2.45, 2.75) is 124 Å². The second kappa shape index (κ2) is 19.5. The average molecular weight is 743 g/mol. The number of rotatable bonds is 16. The quantitative estimate of drug-likeness (QED) is 0.186.